The fourth-order valence-corrected chi connectivity index (χ4v) is 0. The zero-order chi connectivity index (χ0) is 8.12. The first kappa shape index (κ1) is 22.7. The quantitative estimate of drug-likeness (QED) is 0.421. The first-order valence-corrected chi connectivity index (χ1v) is 3.53. The van der Waals surface area contributed by atoms with Crippen molar-refractivity contribution in [1.29, 1.82) is 0 Å². The van der Waals surface area contributed by atoms with Crippen LogP contribution in [-0.4, -0.2) is 12.7 Å². The third-order valence-electron chi connectivity index (χ3n) is 0. The van der Waals surface area contributed by atoms with Gasteiger partial charge >= 0.3 is 105 Å². The second-order valence-corrected chi connectivity index (χ2v) is 0.753. The predicted molar refractivity (Wildman–Crippen MR) is 8.72 cm³/mol. The van der Waals surface area contributed by atoms with Crippen LogP contribution in [0.1, 0.15) is 0 Å². The van der Waals surface area contributed by atoms with Crippen molar-refractivity contribution in [3.05, 3.63) is 0 Å². The zero-order valence-corrected chi connectivity index (χ0v) is 10.9. The van der Waals surface area contributed by atoms with Gasteiger partial charge in [-0.2, -0.15) is 0 Å². The van der Waals surface area contributed by atoms with E-state index >= 15 is 0 Å². The van der Waals surface area contributed by atoms with Gasteiger partial charge in [0, 0.05) is 0 Å². The summed E-state index contributed by atoms with van der Waals surface area (Å²) in [6, 6.07) is 0. The van der Waals surface area contributed by atoms with Crippen molar-refractivity contribution in [2.24, 2.45) is 0 Å². The minimum atomic E-state index is -0.812. The molecule has 6 nitrogen and oxygen atoms in total. The molecule has 0 amide bonds. The first-order chi connectivity index (χ1) is 4.24. The van der Waals surface area contributed by atoms with E-state index in [1.165, 1.54) is 0 Å². The fraction of sp³-hybridized carbons (Fsp3) is 0. The molecule has 10 heteroatoms. The Bertz CT molecular complexity index is 49.7. The Labute approximate surface area is 103 Å². The number of hydrogen-bond donors (Lipinski definition) is 3. The van der Waals surface area contributed by atoms with E-state index in [1.807, 2.05) is 0 Å². The van der Waals surface area contributed by atoms with E-state index in [-0.39, 0.29) is 35.6 Å². The molecular formula is H3Co3LaO6. The van der Waals surface area contributed by atoms with Gasteiger partial charge in [0.2, 0.25) is 0 Å². The molecule has 0 aromatic rings. The van der Waals surface area contributed by atoms with Crippen LogP contribution in [0.15, 0.2) is 0 Å². The van der Waals surface area contributed by atoms with Crippen LogP contribution in [0.2, 0.25) is 0 Å². The summed E-state index contributed by atoms with van der Waals surface area (Å²) in [7, 11) is 0. The summed E-state index contributed by atoms with van der Waals surface area (Å²) >= 11 is -2.44. The van der Waals surface area contributed by atoms with Crippen LogP contribution >= 0.6 is 0 Å². The molecule has 0 unspecified atom stereocenters. The topological polar surface area (TPSA) is 112 Å². The molecule has 0 aromatic heterocycles. The molecule has 0 saturated heterocycles. The van der Waals surface area contributed by atoms with Gasteiger partial charge in [0.25, 0.3) is 0 Å². The maximum atomic E-state index is 8.45. The molecule has 0 heterocycles. The Morgan fingerprint density at radius 2 is 0.700 bits per heavy atom. The van der Waals surface area contributed by atoms with Gasteiger partial charge < -0.3 is 0 Å². The van der Waals surface area contributed by atoms with E-state index in [0.717, 1.165) is 0 Å². The Morgan fingerprint density at radius 1 is 0.700 bits per heavy atom. The summed E-state index contributed by atoms with van der Waals surface area (Å²) in [4.78, 5) is 0. The monoisotopic (exact) mass is 415 g/mol. The average molecular weight is 415 g/mol. The Balaban J connectivity index is -0.0000000257. The molecule has 0 aliphatic heterocycles. The molecule has 0 aliphatic rings. The first-order valence-electron chi connectivity index (χ1n) is 0.855. The van der Waals surface area contributed by atoms with Crippen LogP contribution in [0.4, 0.5) is 0 Å². The van der Waals surface area contributed by atoms with E-state index in [2.05, 4.69) is 0 Å². The third-order valence-corrected chi connectivity index (χ3v) is 0. The predicted octanol–water partition coefficient (Wildman–Crippen LogP) is -2.03. The SMILES string of the molecule is [La+3].[O]=[Co-][OH].[O]=[Co-][OH].[O]=[Co-][OH]. The summed E-state index contributed by atoms with van der Waals surface area (Å²) in [6.07, 6.45) is 0. The number of hydrogen-bond acceptors (Lipinski definition) is 3. The van der Waals surface area contributed by atoms with Crippen molar-refractivity contribution in [2.45, 2.75) is 0 Å². The van der Waals surface area contributed by atoms with E-state index in [4.69, 9.17) is 24.3 Å². The van der Waals surface area contributed by atoms with E-state index in [1.54, 1.807) is 0 Å². The number of rotatable bonds is 0. The van der Waals surface area contributed by atoms with Crippen molar-refractivity contribution in [3.8, 4) is 0 Å². The summed E-state index contributed by atoms with van der Waals surface area (Å²) in [5, 5.41) is 0. The molecule has 0 rings (SSSR count). The van der Waals surface area contributed by atoms with E-state index in [0.29, 0.717) is 0 Å². The van der Waals surface area contributed by atoms with Crippen LogP contribution in [-0.2, 0) is 56.5 Å². The molecule has 0 bridgehead atoms. The molecule has 0 spiro atoms. The standard InChI is InChI=1S/3Co.La.3H2O.3O/h;;;;3*1H2;;;/q;;;+3;;;;;;/p-3. The van der Waals surface area contributed by atoms with Crippen molar-refractivity contribution >= 4 is 0 Å². The summed E-state index contributed by atoms with van der Waals surface area (Å²) in [5.74, 6) is 0. The molecule has 0 fully saturated rings. The second kappa shape index (κ2) is 44.0. The van der Waals surface area contributed by atoms with E-state index < -0.39 is 44.9 Å². The molecule has 10 heavy (non-hydrogen) atoms. The average Bonchev–Trinajstić information content (AvgIpc) is 1.70. The van der Waals surface area contributed by atoms with Crippen LogP contribution in [0.3, 0.4) is 0 Å². The molecule has 0 aliphatic carbocycles. The zero-order valence-electron chi connectivity index (χ0n) is 4.14. The van der Waals surface area contributed by atoms with Crippen molar-refractivity contribution in [2.75, 3.05) is 0 Å². The summed E-state index contributed by atoms with van der Waals surface area (Å²) in [6.45, 7) is 0. The summed E-state index contributed by atoms with van der Waals surface area (Å²) < 4.78 is 46.3. The fourth-order valence-electron chi connectivity index (χ4n) is 0. The van der Waals surface area contributed by atoms with Crippen LogP contribution in [0.5, 0.6) is 0 Å². The van der Waals surface area contributed by atoms with Crippen molar-refractivity contribution in [1.82, 2.24) is 0 Å². The molecule has 0 saturated carbocycles. The molecular weight excluding hydrogens is 412 g/mol. The second-order valence-electron chi connectivity index (χ2n) is 0.183. The van der Waals surface area contributed by atoms with Gasteiger partial charge in [0.1, 0.15) is 0 Å². The van der Waals surface area contributed by atoms with Gasteiger partial charge in [-0.05, 0) is 0 Å². The third kappa shape index (κ3) is 203. The summed E-state index contributed by atoms with van der Waals surface area (Å²) in [5.41, 5.74) is 0. The molecule has 0 atom stereocenters. The van der Waals surface area contributed by atoms with Crippen LogP contribution in [0, 0.1) is 35.6 Å². The van der Waals surface area contributed by atoms with Gasteiger partial charge in [-0.3, -0.25) is 0 Å². The van der Waals surface area contributed by atoms with Gasteiger partial charge in [0.05, 0.1) is 0 Å². The van der Waals surface area contributed by atoms with Gasteiger partial charge in [-0.15, -0.1) is 0 Å². The molecule has 3 N–H and O–H groups in total. The van der Waals surface area contributed by atoms with Crippen molar-refractivity contribution in [3.63, 3.8) is 0 Å². The van der Waals surface area contributed by atoms with E-state index in [9.17, 15) is 0 Å². The molecule has 0 aromatic carbocycles. The van der Waals surface area contributed by atoms with Gasteiger partial charge in [-0.1, -0.05) is 0 Å². The normalized spacial score (nSPS) is 6.30. The van der Waals surface area contributed by atoms with Crippen LogP contribution < -0.4 is 0 Å². The van der Waals surface area contributed by atoms with Crippen molar-refractivity contribution < 1.29 is 105 Å². The van der Waals surface area contributed by atoms with Crippen LogP contribution in [0.25, 0.3) is 0 Å². The molecule has 0 radical (unpaired) electrons. The Morgan fingerprint density at radius 3 is 0.700 bits per heavy atom. The van der Waals surface area contributed by atoms with Gasteiger partial charge in [-0.25, -0.2) is 0 Å². The minimum absolute atomic E-state index is 0. The van der Waals surface area contributed by atoms with Gasteiger partial charge in [0.15, 0.2) is 0 Å². The molecule has 69 valence electrons. The Kier molecular flexibility index (Phi) is 99.9. The maximum absolute atomic E-state index is 8.45. The Hall–Kier alpha value is 1.99.